The van der Waals surface area contributed by atoms with Crippen LogP contribution in [0.25, 0.3) is 0 Å². The molecule has 0 saturated carbocycles. The van der Waals surface area contributed by atoms with Crippen LogP contribution in [-0.4, -0.2) is 46.8 Å². The van der Waals surface area contributed by atoms with Gasteiger partial charge in [-0.25, -0.2) is 8.42 Å². The predicted octanol–water partition coefficient (Wildman–Crippen LogP) is 1.00. The number of anilines is 1. The van der Waals surface area contributed by atoms with Crippen LogP contribution in [0.2, 0.25) is 0 Å². The smallest absolute Gasteiger partial charge is 0.264 e. The summed E-state index contributed by atoms with van der Waals surface area (Å²) >= 11 is 0. The van der Waals surface area contributed by atoms with Crippen molar-refractivity contribution >= 4 is 15.7 Å². The molecule has 2 N–H and O–H groups in total. The van der Waals surface area contributed by atoms with E-state index in [1.165, 1.54) is 4.31 Å². The minimum atomic E-state index is -3.75. The van der Waals surface area contributed by atoms with E-state index in [-0.39, 0.29) is 11.4 Å². The molecular formula is C19H27N2O3S+. The minimum Gasteiger partial charge on any atom is -0.385 e. The zero-order valence-corrected chi connectivity index (χ0v) is 16.0. The lowest BCUT2D eigenvalue weighted by molar-refractivity contribution is -0.861. The van der Waals surface area contributed by atoms with Crippen molar-refractivity contribution in [2.24, 2.45) is 0 Å². The van der Waals surface area contributed by atoms with Gasteiger partial charge >= 0.3 is 0 Å². The molecule has 0 fully saturated rings. The Labute approximate surface area is 150 Å². The topological polar surface area (TPSA) is 62.1 Å². The Morgan fingerprint density at radius 2 is 1.44 bits per heavy atom. The van der Waals surface area contributed by atoms with Crippen LogP contribution >= 0.6 is 0 Å². The van der Waals surface area contributed by atoms with E-state index in [4.69, 9.17) is 0 Å². The predicted molar refractivity (Wildman–Crippen MR) is 101 cm³/mol. The van der Waals surface area contributed by atoms with Crippen LogP contribution in [0.5, 0.6) is 0 Å². The van der Waals surface area contributed by atoms with E-state index in [9.17, 15) is 13.5 Å². The van der Waals surface area contributed by atoms with Gasteiger partial charge in [-0.3, -0.25) is 4.31 Å². The number of quaternary nitrogens is 1. The molecule has 0 bridgehead atoms. The van der Waals surface area contributed by atoms with Crippen molar-refractivity contribution in [2.45, 2.75) is 24.8 Å². The van der Waals surface area contributed by atoms with Crippen LogP contribution in [0.1, 0.15) is 11.1 Å². The molecule has 0 aliphatic rings. The summed E-state index contributed by atoms with van der Waals surface area (Å²) in [7, 11) is 0.0985. The molecule has 2 rings (SSSR count). The van der Waals surface area contributed by atoms with Crippen molar-refractivity contribution in [3.8, 4) is 0 Å². The number of likely N-dealkylation sites (N-methyl/N-ethyl adjacent to an activating group) is 1. The molecule has 0 amide bonds. The number of nitrogens with zero attached hydrogens (tertiary/aromatic N) is 1. The largest absolute Gasteiger partial charge is 0.385 e. The highest BCUT2D eigenvalue weighted by Gasteiger charge is 2.27. The highest BCUT2D eigenvalue weighted by atomic mass is 32.2. The van der Waals surface area contributed by atoms with Gasteiger partial charge in [0.05, 0.1) is 31.2 Å². The van der Waals surface area contributed by atoms with Crippen molar-refractivity contribution in [3.63, 3.8) is 0 Å². The summed E-state index contributed by atoms with van der Waals surface area (Å²) in [6.45, 7) is 4.35. The standard InChI is InChI=1S/C19H26N2O3S/c1-15-5-9-17(10-6-15)21(14-18(22)13-20(3)4)25(23,24)19-11-7-16(2)8-12-19/h5-12,18,22H,13-14H2,1-4H3/p+1. The highest BCUT2D eigenvalue weighted by Crippen LogP contribution is 2.24. The fourth-order valence-electron chi connectivity index (χ4n) is 2.62. The first-order valence-electron chi connectivity index (χ1n) is 8.33. The van der Waals surface area contributed by atoms with Gasteiger partial charge in [0.25, 0.3) is 10.0 Å². The van der Waals surface area contributed by atoms with Gasteiger partial charge in [-0.1, -0.05) is 35.4 Å². The van der Waals surface area contributed by atoms with Crippen LogP contribution in [0, 0.1) is 13.8 Å². The number of sulfonamides is 1. The van der Waals surface area contributed by atoms with E-state index < -0.39 is 16.1 Å². The van der Waals surface area contributed by atoms with E-state index in [1.807, 2.05) is 40.1 Å². The Kier molecular flexibility index (Phi) is 6.21. The van der Waals surface area contributed by atoms with Crippen molar-refractivity contribution in [1.29, 1.82) is 0 Å². The lowest BCUT2D eigenvalue weighted by atomic mass is 10.2. The second-order valence-electron chi connectivity index (χ2n) is 6.75. The van der Waals surface area contributed by atoms with Crippen LogP contribution < -0.4 is 9.21 Å². The number of hydrogen-bond acceptors (Lipinski definition) is 3. The van der Waals surface area contributed by atoms with Gasteiger partial charge in [0.1, 0.15) is 12.6 Å². The molecule has 2 aromatic carbocycles. The van der Waals surface area contributed by atoms with E-state index >= 15 is 0 Å². The summed E-state index contributed by atoms with van der Waals surface area (Å²) in [4.78, 5) is 1.28. The summed E-state index contributed by atoms with van der Waals surface area (Å²) in [6.07, 6.45) is -0.758. The van der Waals surface area contributed by atoms with E-state index in [2.05, 4.69) is 0 Å². The average molecular weight is 364 g/mol. The molecule has 0 saturated heterocycles. The zero-order chi connectivity index (χ0) is 18.6. The van der Waals surface area contributed by atoms with Gasteiger partial charge in [0.2, 0.25) is 0 Å². The molecule has 5 nitrogen and oxygen atoms in total. The minimum absolute atomic E-state index is 0.0183. The molecule has 0 heterocycles. The molecule has 6 heteroatoms. The molecule has 2 aromatic rings. The SMILES string of the molecule is Cc1ccc(N(CC(O)C[NH+](C)C)S(=O)(=O)c2ccc(C)cc2)cc1. The monoisotopic (exact) mass is 363 g/mol. The average Bonchev–Trinajstić information content (AvgIpc) is 2.53. The molecule has 0 aliphatic carbocycles. The Morgan fingerprint density at radius 3 is 1.92 bits per heavy atom. The van der Waals surface area contributed by atoms with Crippen LogP contribution in [0.4, 0.5) is 5.69 Å². The number of aliphatic hydroxyl groups is 1. The summed E-state index contributed by atoms with van der Waals surface area (Å²) in [5.74, 6) is 0. The third-order valence-corrected chi connectivity index (χ3v) is 5.76. The fourth-order valence-corrected chi connectivity index (χ4v) is 4.12. The molecule has 0 radical (unpaired) electrons. The fraction of sp³-hybridized carbons (Fsp3) is 0.368. The van der Waals surface area contributed by atoms with Crippen molar-refractivity contribution in [1.82, 2.24) is 0 Å². The Morgan fingerprint density at radius 1 is 0.960 bits per heavy atom. The number of benzene rings is 2. The quantitative estimate of drug-likeness (QED) is 0.772. The number of aliphatic hydroxyl groups excluding tert-OH is 1. The molecule has 136 valence electrons. The lowest BCUT2D eigenvalue weighted by Crippen LogP contribution is -3.07. The normalized spacial score (nSPS) is 13.0. The van der Waals surface area contributed by atoms with Gasteiger partial charge in [0, 0.05) is 0 Å². The maximum absolute atomic E-state index is 13.2. The highest BCUT2D eigenvalue weighted by molar-refractivity contribution is 7.92. The van der Waals surface area contributed by atoms with Gasteiger partial charge in [-0.05, 0) is 38.1 Å². The summed E-state index contributed by atoms with van der Waals surface area (Å²) in [6, 6.07) is 14.1. The van der Waals surface area contributed by atoms with Crippen molar-refractivity contribution < 1.29 is 18.4 Å². The lowest BCUT2D eigenvalue weighted by Gasteiger charge is -2.27. The van der Waals surface area contributed by atoms with Gasteiger partial charge < -0.3 is 10.0 Å². The van der Waals surface area contributed by atoms with E-state index in [0.29, 0.717) is 12.2 Å². The third kappa shape index (κ3) is 5.04. The second kappa shape index (κ2) is 7.99. The van der Waals surface area contributed by atoms with Gasteiger partial charge in [-0.15, -0.1) is 0 Å². The number of hydrogen-bond donors (Lipinski definition) is 2. The van der Waals surface area contributed by atoms with Crippen LogP contribution in [0.15, 0.2) is 53.4 Å². The zero-order valence-electron chi connectivity index (χ0n) is 15.2. The maximum Gasteiger partial charge on any atom is 0.264 e. The van der Waals surface area contributed by atoms with Crippen molar-refractivity contribution in [3.05, 3.63) is 59.7 Å². The first-order chi connectivity index (χ1) is 11.7. The second-order valence-corrected chi connectivity index (χ2v) is 8.61. The Balaban J connectivity index is 2.42. The summed E-state index contributed by atoms with van der Waals surface area (Å²) in [5.41, 5.74) is 2.60. The summed E-state index contributed by atoms with van der Waals surface area (Å²) < 4.78 is 27.6. The van der Waals surface area contributed by atoms with E-state index in [0.717, 1.165) is 16.0 Å². The third-order valence-electron chi connectivity index (χ3n) is 3.95. The first kappa shape index (κ1) is 19.4. The van der Waals surface area contributed by atoms with Crippen molar-refractivity contribution in [2.75, 3.05) is 31.5 Å². The Hall–Kier alpha value is -1.89. The van der Waals surface area contributed by atoms with Gasteiger partial charge in [0.15, 0.2) is 0 Å². The Bertz CT molecular complexity index is 784. The number of rotatable bonds is 7. The number of nitrogens with one attached hydrogen (secondary N) is 1. The molecule has 1 atom stereocenters. The molecule has 0 spiro atoms. The number of aryl methyl sites for hydroxylation is 2. The van der Waals surface area contributed by atoms with Gasteiger partial charge in [-0.2, -0.15) is 0 Å². The molecule has 1 unspecified atom stereocenters. The van der Waals surface area contributed by atoms with E-state index in [1.54, 1.807) is 36.4 Å². The molecule has 0 aliphatic heterocycles. The molecular weight excluding hydrogens is 336 g/mol. The maximum atomic E-state index is 13.2. The molecule has 0 aromatic heterocycles. The van der Waals surface area contributed by atoms with Crippen LogP contribution in [-0.2, 0) is 10.0 Å². The summed E-state index contributed by atoms with van der Waals surface area (Å²) in [5, 5.41) is 10.3. The first-order valence-corrected chi connectivity index (χ1v) is 9.77. The van der Waals surface area contributed by atoms with Crippen LogP contribution in [0.3, 0.4) is 0 Å². The molecule has 25 heavy (non-hydrogen) atoms.